The first-order valence-corrected chi connectivity index (χ1v) is 9.55. The summed E-state index contributed by atoms with van der Waals surface area (Å²) in [5, 5.41) is 8.18. The molecule has 1 aliphatic heterocycles. The van der Waals surface area contributed by atoms with Gasteiger partial charge in [0.1, 0.15) is 6.33 Å². The number of hydrogen-bond acceptors (Lipinski definition) is 4. The Labute approximate surface area is 125 Å². The zero-order chi connectivity index (χ0) is 14.4. The number of nitrogens with zero attached hydrogens (tertiary/aromatic N) is 4. The van der Waals surface area contributed by atoms with Crippen molar-refractivity contribution in [3.8, 4) is 0 Å². The van der Waals surface area contributed by atoms with E-state index in [0.717, 1.165) is 50.4 Å². The van der Waals surface area contributed by atoms with Crippen LogP contribution in [0.3, 0.4) is 0 Å². The zero-order valence-corrected chi connectivity index (χ0v) is 13.0. The summed E-state index contributed by atoms with van der Waals surface area (Å²) in [5.41, 5.74) is 0. The lowest BCUT2D eigenvalue weighted by molar-refractivity contribution is 0.239. The molecule has 21 heavy (non-hydrogen) atoms. The average molecular weight is 310 g/mol. The minimum absolute atomic E-state index is 0.106. The molecule has 2 aliphatic carbocycles. The molecule has 0 amide bonds. The van der Waals surface area contributed by atoms with Crippen molar-refractivity contribution in [3.63, 3.8) is 0 Å². The Hall–Kier alpha value is -0.950. The molecule has 1 atom stereocenters. The molecule has 0 aromatic carbocycles. The summed E-state index contributed by atoms with van der Waals surface area (Å²) in [7, 11) is -3.14. The van der Waals surface area contributed by atoms with E-state index in [9.17, 15) is 8.42 Å². The van der Waals surface area contributed by atoms with Gasteiger partial charge in [-0.2, -0.15) is 4.31 Å². The highest BCUT2D eigenvalue weighted by atomic mass is 32.2. The van der Waals surface area contributed by atoms with Crippen LogP contribution in [0.2, 0.25) is 0 Å². The summed E-state index contributed by atoms with van der Waals surface area (Å²) >= 11 is 0. The highest BCUT2D eigenvalue weighted by Gasteiger charge is 2.45. The molecule has 6 nitrogen and oxygen atoms in total. The van der Waals surface area contributed by atoms with Crippen LogP contribution in [-0.4, -0.2) is 39.3 Å². The van der Waals surface area contributed by atoms with Crippen molar-refractivity contribution in [1.29, 1.82) is 0 Å². The Morgan fingerprint density at radius 1 is 1.14 bits per heavy atom. The SMILES string of the molecule is O=S(=O)(C1CC1)N1CCCC[C@H]1c1nncn1CC1CC1. The van der Waals surface area contributed by atoms with E-state index in [0.29, 0.717) is 6.54 Å². The van der Waals surface area contributed by atoms with Crippen LogP contribution < -0.4 is 0 Å². The minimum Gasteiger partial charge on any atom is -0.316 e. The van der Waals surface area contributed by atoms with Gasteiger partial charge in [0.15, 0.2) is 5.82 Å². The van der Waals surface area contributed by atoms with Gasteiger partial charge in [-0.15, -0.1) is 10.2 Å². The topological polar surface area (TPSA) is 68.1 Å². The third-order valence-corrected chi connectivity index (χ3v) is 7.23. The number of sulfonamides is 1. The second-order valence-electron chi connectivity index (χ2n) is 6.65. The van der Waals surface area contributed by atoms with E-state index in [1.807, 2.05) is 0 Å². The van der Waals surface area contributed by atoms with Crippen molar-refractivity contribution < 1.29 is 8.42 Å². The van der Waals surface area contributed by atoms with Gasteiger partial charge < -0.3 is 4.57 Å². The predicted molar refractivity (Wildman–Crippen MR) is 78.0 cm³/mol. The predicted octanol–water partition coefficient (Wildman–Crippen LogP) is 1.71. The van der Waals surface area contributed by atoms with Gasteiger partial charge in [0.2, 0.25) is 10.0 Å². The Kier molecular flexibility index (Phi) is 3.29. The van der Waals surface area contributed by atoms with E-state index in [-0.39, 0.29) is 11.3 Å². The molecule has 1 saturated heterocycles. The Bertz CT molecular complexity index is 619. The molecule has 7 heteroatoms. The maximum absolute atomic E-state index is 12.7. The van der Waals surface area contributed by atoms with E-state index in [1.54, 1.807) is 10.6 Å². The largest absolute Gasteiger partial charge is 0.316 e. The first-order valence-electron chi connectivity index (χ1n) is 8.04. The third-order valence-electron chi connectivity index (χ3n) is 4.82. The van der Waals surface area contributed by atoms with Crippen molar-refractivity contribution >= 4 is 10.0 Å². The fourth-order valence-electron chi connectivity index (χ4n) is 3.27. The molecule has 0 radical (unpaired) electrons. The molecular weight excluding hydrogens is 288 g/mol. The number of hydrogen-bond donors (Lipinski definition) is 0. The van der Waals surface area contributed by atoms with Crippen molar-refractivity contribution in [3.05, 3.63) is 12.2 Å². The lowest BCUT2D eigenvalue weighted by atomic mass is 10.0. The number of rotatable bonds is 5. The molecule has 0 bridgehead atoms. The number of aromatic nitrogens is 3. The monoisotopic (exact) mass is 310 g/mol. The van der Waals surface area contributed by atoms with Crippen molar-refractivity contribution in [2.45, 2.75) is 62.8 Å². The van der Waals surface area contributed by atoms with Gasteiger partial charge in [-0.05, 0) is 44.4 Å². The molecule has 1 aromatic heterocycles. The smallest absolute Gasteiger partial charge is 0.217 e. The Morgan fingerprint density at radius 3 is 2.67 bits per heavy atom. The first-order chi connectivity index (χ1) is 10.2. The van der Waals surface area contributed by atoms with Gasteiger partial charge in [0.25, 0.3) is 0 Å². The van der Waals surface area contributed by atoms with Gasteiger partial charge in [-0.25, -0.2) is 8.42 Å². The molecular formula is C14H22N4O2S. The van der Waals surface area contributed by atoms with Crippen LogP contribution in [0.5, 0.6) is 0 Å². The summed E-state index contributed by atoms with van der Waals surface area (Å²) in [6.07, 6.45) is 8.84. The van der Waals surface area contributed by atoms with Crippen LogP contribution in [0.1, 0.15) is 56.8 Å². The van der Waals surface area contributed by atoms with Gasteiger partial charge in [-0.1, -0.05) is 6.42 Å². The summed E-state index contributed by atoms with van der Waals surface area (Å²) in [5.74, 6) is 1.59. The van der Waals surface area contributed by atoms with E-state index in [1.165, 1.54) is 12.8 Å². The van der Waals surface area contributed by atoms with E-state index < -0.39 is 10.0 Å². The third kappa shape index (κ3) is 2.61. The second-order valence-corrected chi connectivity index (χ2v) is 8.82. The fraction of sp³-hybridized carbons (Fsp3) is 0.857. The van der Waals surface area contributed by atoms with Crippen LogP contribution in [0, 0.1) is 5.92 Å². The standard InChI is InChI=1S/C14H22N4O2S/c19-21(20,12-6-7-12)18-8-2-1-3-13(18)14-16-15-10-17(14)9-11-4-5-11/h10-13H,1-9H2/t13-/m0/s1. The van der Waals surface area contributed by atoms with Gasteiger partial charge in [0, 0.05) is 13.1 Å². The van der Waals surface area contributed by atoms with Gasteiger partial charge >= 0.3 is 0 Å². The van der Waals surface area contributed by atoms with Gasteiger partial charge in [-0.3, -0.25) is 0 Å². The maximum Gasteiger partial charge on any atom is 0.217 e. The van der Waals surface area contributed by atoms with Crippen LogP contribution in [0.4, 0.5) is 0 Å². The summed E-state index contributed by atoms with van der Waals surface area (Å²) in [4.78, 5) is 0. The summed E-state index contributed by atoms with van der Waals surface area (Å²) in [6, 6.07) is -0.106. The Balaban J connectivity index is 1.63. The second kappa shape index (κ2) is 5.05. The van der Waals surface area contributed by atoms with Crippen LogP contribution >= 0.6 is 0 Å². The quantitative estimate of drug-likeness (QED) is 0.830. The zero-order valence-electron chi connectivity index (χ0n) is 12.2. The number of piperidine rings is 1. The highest BCUT2D eigenvalue weighted by molar-refractivity contribution is 7.90. The molecule has 3 fully saturated rings. The summed E-state index contributed by atoms with van der Waals surface area (Å²) in [6.45, 7) is 1.58. The molecule has 2 saturated carbocycles. The highest BCUT2D eigenvalue weighted by Crippen LogP contribution is 2.39. The maximum atomic E-state index is 12.7. The molecule has 4 rings (SSSR count). The molecule has 0 N–H and O–H groups in total. The molecule has 0 spiro atoms. The van der Waals surface area contributed by atoms with Crippen LogP contribution in [0.15, 0.2) is 6.33 Å². The Morgan fingerprint density at radius 2 is 1.95 bits per heavy atom. The molecule has 2 heterocycles. The normalized spacial score (nSPS) is 27.9. The fourth-order valence-corrected chi connectivity index (χ4v) is 5.32. The van der Waals surface area contributed by atoms with E-state index in [4.69, 9.17) is 0 Å². The van der Waals surface area contributed by atoms with Crippen molar-refractivity contribution in [1.82, 2.24) is 19.1 Å². The molecule has 3 aliphatic rings. The first kappa shape index (κ1) is 13.7. The lowest BCUT2D eigenvalue weighted by Gasteiger charge is -2.34. The average Bonchev–Trinajstić information content (AvgIpc) is 3.37. The van der Waals surface area contributed by atoms with Crippen molar-refractivity contribution in [2.75, 3.05) is 6.54 Å². The molecule has 116 valence electrons. The van der Waals surface area contributed by atoms with E-state index in [2.05, 4.69) is 14.8 Å². The minimum atomic E-state index is -3.14. The van der Waals surface area contributed by atoms with Crippen molar-refractivity contribution in [2.24, 2.45) is 5.92 Å². The molecule has 1 aromatic rings. The van der Waals surface area contributed by atoms with Crippen LogP contribution in [-0.2, 0) is 16.6 Å². The summed E-state index contributed by atoms with van der Waals surface area (Å²) < 4.78 is 29.1. The molecule has 0 unspecified atom stereocenters. The lowest BCUT2D eigenvalue weighted by Crippen LogP contribution is -2.41. The van der Waals surface area contributed by atoms with Crippen LogP contribution in [0.25, 0.3) is 0 Å². The van der Waals surface area contributed by atoms with E-state index >= 15 is 0 Å². The van der Waals surface area contributed by atoms with Gasteiger partial charge in [0.05, 0.1) is 11.3 Å².